The fourth-order valence-corrected chi connectivity index (χ4v) is 3.28. The molecule has 0 amide bonds. The second-order valence-corrected chi connectivity index (χ2v) is 6.32. The maximum atomic E-state index is 11.8. The lowest BCUT2D eigenvalue weighted by molar-refractivity contribution is -0.145. The van der Waals surface area contributed by atoms with Crippen LogP contribution in [0.1, 0.15) is 36.8 Å². The van der Waals surface area contributed by atoms with Gasteiger partial charge in [0.25, 0.3) is 0 Å². The molecule has 1 heterocycles. The van der Waals surface area contributed by atoms with Crippen LogP contribution in [0.4, 0.5) is 0 Å². The number of carboxylic acid groups (broad SMARTS) is 1. The molecule has 1 aliphatic heterocycles. The summed E-state index contributed by atoms with van der Waals surface area (Å²) >= 11 is 0. The summed E-state index contributed by atoms with van der Waals surface area (Å²) in [4.78, 5) is 14.1. The van der Waals surface area contributed by atoms with Crippen LogP contribution >= 0.6 is 0 Å². The van der Waals surface area contributed by atoms with Crippen LogP contribution < -0.4 is 5.32 Å². The third-order valence-electron chi connectivity index (χ3n) is 4.86. The van der Waals surface area contributed by atoms with E-state index in [0.29, 0.717) is 12.8 Å². The topological polar surface area (TPSA) is 52.6 Å². The van der Waals surface area contributed by atoms with Gasteiger partial charge in [-0.3, -0.25) is 9.69 Å². The normalized spacial score (nSPS) is 17.1. The van der Waals surface area contributed by atoms with Gasteiger partial charge in [-0.1, -0.05) is 43.4 Å². The van der Waals surface area contributed by atoms with E-state index < -0.39 is 11.5 Å². The fourth-order valence-electron chi connectivity index (χ4n) is 3.28. The first kappa shape index (κ1) is 17.0. The zero-order valence-electron chi connectivity index (χ0n) is 13.8. The summed E-state index contributed by atoms with van der Waals surface area (Å²) in [5, 5.41) is 12.8. The van der Waals surface area contributed by atoms with E-state index in [9.17, 15) is 9.90 Å². The molecule has 1 aliphatic rings. The highest BCUT2D eigenvalue weighted by Gasteiger charge is 2.36. The highest BCUT2D eigenvalue weighted by atomic mass is 16.4. The van der Waals surface area contributed by atoms with Gasteiger partial charge in [0.2, 0.25) is 0 Å². The number of likely N-dealkylation sites (N-methyl/N-ethyl adjacent to an activating group) is 1. The van der Waals surface area contributed by atoms with Crippen molar-refractivity contribution in [1.82, 2.24) is 10.2 Å². The molecule has 120 valence electrons. The van der Waals surface area contributed by atoms with Gasteiger partial charge in [-0.25, -0.2) is 0 Å². The monoisotopic (exact) mass is 302 g/mol. The van der Waals surface area contributed by atoms with Crippen LogP contribution in [0.3, 0.4) is 0 Å². The van der Waals surface area contributed by atoms with Crippen molar-refractivity contribution in [1.29, 1.82) is 0 Å². The van der Waals surface area contributed by atoms with Gasteiger partial charge < -0.3 is 10.4 Å². The second-order valence-electron chi connectivity index (χ2n) is 6.32. The number of hydrogen-bond acceptors (Lipinski definition) is 3. The first-order chi connectivity index (χ1) is 10.6. The van der Waals surface area contributed by atoms with E-state index >= 15 is 0 Å². The van der Waals surface area contributed by atoms with Gasteiger partial charge >= 0.3 is 5.97 Å². The van der Waals surface area contributed by atoms with Crippen molar-refractivity contribution in [2.24, 2.45) is 0 Å². The molecular formula is C17H27BN2O2. The summed E-state index contributed by atoms with van der Waals surface area (Å²) in [6.45, 7) is 2.68. The first-order valence-corrected chi connectivity index (χ1v) is 8.33. The fraction of sp³-hybridized carbons (Fsp3) is 0.588. The molecule has 0 saturated carbocycles. The van der Waals surface area contributed by atoms with Crippen molar-refractivity contribution in [3.8, 4) is 0 Å². The van der Waals surface area contributed by atoms with Crippen molar-refractivity contribution < 1.29 is 9.90 Å². The van der Waals surface area contributed by atoms with Crippen molar-refractivity contribution in [2.75, 3.05) is 13.6 Å². The van der Waals surface area contributed by atoms with Gasteiger partial charge in [0.15, 0.2) is 0 Å². The lowest BCUT2D eigenvalue weighted by Gasteiger charge is -2.31. The highest BCUT2D eigenvalue weighted by Crippen LogP contribution is 2.25. The third-order valence-corrected chi connectivity index (χ3v) is 4.86. The molecule has 1 aromatic carbocycles. The van der Waals surface area contributed by atoms with E-state index in [-0.39, 0.29) is 0 Å². The predicted octanol–water partition coefficient (Wildman–Crippen LogP) is 1.66. The molecule has 0 spiro atoms. The summed E-state index contributed by atoms with van der Waals surface area (Å²) in [6, 6.07) is 8.47. The van der Waals surface area contributed by atoms with Gasteiger partial charge in [-0.15, -0.1) is 0 Å². The molecule has 0 radical (unpaired) electrons. The Morgan fingerprint density at radius 1 is 1.27 bits per heavy atom. The number of nitrogens with one attached hydrogen (secondary N) is 1. The van der Waals surface area contributed by atoms with Gasteiger partial charge in [-0.05, 0) is 31.0 Å². The Morgan fingerprint density at radius 3 is 2.41 bits per heavy atom. The molecule has 1 unspecified atom stereocenters. The molecule has 0 bridgehead atoms. The Bertz CT molecular complexity index is 484. The Hall–Kier alpha value is -1.33. The lowest BCUT2D eigenvalue weighted by atomic mass is 9.87. The molecule has 1 atom stereocenters. The quantitative estimate of drug-likeness (QED) is 0.538. The van der Waals surface area contributed by atoms with E-state index in [2.05, 4.69) is 42.3 Å². The standard InChI is InChI=1S/C17H27BN2O2/c1-19-17(16(21)22,8-4-5-10-18)9-11-20-12-14-6-2-3-7-15(14)13-20/h2-3,6-7,19H,4-5,8-13,18H2,1H3,(H,21,22). The number of rotatable bonds is 9. The molecule has 2 rings (SSSR count). The average molecular weight is 302 g/mol. The number of carboxylic acids is 1. The van der Waals surface area contributed by atoms with Crippen LogP contribution in [-0.4, -0.2) is 43.0 Å². The minimum absolute atomic E-state index is 0.649. The predicted molar refractivity (Wildman–Crippen MR) is 91.8 cm³/mol. The Balaban J connectivity index is 1.93. The highest BCUT2D eigenvalue weighted by molar-refractivity contribution is 6.08. The van der Waals surface area contributed by atoms with Gasteiger partial charge in [0.05, 0.1) is 0 Å². The molecule has 4 nitrogen and oxygen atoms in total. The zero-order chi connectivity index (χ0) is 16.0. The summed E-state index contributed by atoms with van der Waals surface area (Å²) in [6.07, 6.45) is 4.51. The van der Waals surface area contributed by atoms with E-state index in [0.717, 1.165) is 38.8 Å². The number of nitrogens with zero attached hydrogens (tertiary/aromatic N) is 1. The number of benzene rings is 1. The van der Waals surface area contributed by atoms with Gasteiger partial charge in [0, 0.05) is 19.6 Å². The van der Waals surface area contributed by atoms with Gasteiger partial charge in [-0.2, -0.15) is 0 Å². The van der Waals surface area contributed by atoms with E-state index in [1.807, 2.05) is 0 Å². The van der Waals surface area contributed by atoms with Crippen LogP contribution in [0.2, 0.25) is 6.32 Å². The number of fused-ring (bicyclic) bond motifs is 1. The Labute approximate surface area is 134 Å². The van der Waals surface area contributed by atoms with Gasteiger partial charge in [0.1, 0.15) is 13.4 Å². The van der Waals surface area contributed by atoms with Crippen LogP contribution in [0.15, 0.2) is 24.3 Å². The molecule has 0 fully saturated rings. The van der Waals surface area contributed by atoms with Crippen LogP contribution in [0.25, 0.3) is 0 Å². The van der Waals surface area contributed by atoms with E-state index in [1.54, 1.807) is 7.05 Å². The summed E-state index contributed by atoms with van der Waals surface area (Å²) < 4.78 is 0. The van der Waals surface area contributed by atoms with Crippen molar-refractivity contribution in [3.63, 3.8) is 0 Å². The number of aliphatic carboxylic acids is 1. The van der Waals surface area contributed by atoms with Crippen molar-refractivity contribution in [2.45, 2.75) is 50.6 Å². The molecule has 2 N–H and O–H groups in total. The van der Waals surface area contributed by atoms with E-state index in [1.165, 1.54) is 11.1 Å². The smallest absolute Gasteiger partial charge is 0.323 e. The summed E-state index contributed by atoms with van der Waals surface area (Å²) in [5.74, 6) is -0.720. The summed E-state index contributed by atoms with van der Waals surface area (Å²) in [7, 11) is 3.92. The lowest BCUT2D eigenvalue weighted by Crippen LogP contribution is -2.52. The molecule has 0 saturated heterocycles. The number of carbonyl (C=O) groups is 1. The maximum absolute atomic E-state index is 11.8. The molecule has 0 aromatic heterocycles. The molecule has 22 heavy (non-hydrogen) atoms. The third kappa shape index (κ3) is 3.90. The maximum Gasteiger partial charge on any atom is 0.323 e. The van der Waals surface area contributed by atoms with Crippen LogP contribution in [0, 0.1) is 0 Å². The number of unbranched alkanes of at least 4 members (excludes halogenated alkanes) is 1. The Morgan fingerprint density at radius 2 is 1.91 bits per heavy atom. The first-order valence-electron chi connectivity index (χ1n) is 8.33. The second kappa shape index (κ2) is 7.79. The molecule has 5 heteroatoms. The SMILES string of the molecule is BCCCCC(CCN1Cc2ccccc2C1)(NC)C(=O)O. The largest absolute Gasteiger partial charge is 0.480 e. The van der Waals surface area contributed by atoms with Crippen LogP contribution in [0.5, 0.6) is 0 Å². The molecule has 1 aromatic rings. The number of hydrogen-bond donors (Lipinski definition) is 2. The minimum Gasteiger partial charge on any atom is -0.480 e. The van der Waals surface area contributed by atoms with Crippen molar-refractivity contribution >= 4 is 13.8 Å². The zero-order valence-corrected chi connectivity index (χ0v) is 13.8. The van der Waals surface area contributed by atoms with Crippen molar-refractivity contribution in [3.05, 3.63) is 35.4 Å². The Kier molecular flexibility index (Phi) is 6.03. The summed E-state index contributed by atoms with van der Waals surface area (Å²) in [5.41, 5.74) is 1.96. The molecular weight excluding hydrogens is 275 g/mol. The molecule has 0 aliphatic carbocycles. The van der Waals surface area contributed by atoms with Crippen LogP contribution in [-0.2, 0) is 17.9 Å². The van der Waals surface area contributed by atoms with E-state index in [4.69, 9.17) is 0 Å². The average Bonchev–Trinajstić information content (AvgIpc) is 2.93. The minimum atomic E-state index is -0.788.